The molecule has 0 saturated heterocycles. The van der Waals surface area contributed by atoms with E-state index in [2.05, 4.69) is 5.10 Å². The quantitative estimate of drug-likeness (QED) is 0.366. The van der Waals surface area contributed by atoms with Crippen molar-refractivity contribution >= 4 is 11.5 Å². The number of carbonyl (C=O) groups excluding carboxylic acids is 1. The van der Waals surface area contributed by atoms with Gasteiger partial charge in [0.1, 0.15) is 0 Å². The third-order valence-electron chi connectivity index (χ3n) is 2.84. The highest BCUT2D eigenvalue weighted by Gasteiger charge is 2.47. The highest BCUT2D eigenvalue weighted by Crippen LogP contribution is 2.36. The maximum absolute atomic E-state index is 13.1. The highest BCUT2D eigenvalue weighted by atomic mass is 19.4. The fourth-order valence-corrected chi connectivity index (χ4v) is 1.85. The van der Waals surface area contributed by atoms with E-state index in [0.29, 0.717) is 0 Å². The smallest absolute Gasteiger partial charge is 0.284 e. The normalized spacial score (nSPS) is 12.2. The van der Waals surface area contributed by atoms with Gasteiger partial charge in [-0.25, -0.2) is 4.68 Å². The van der Waals surface area contributed by atoms with Crippen molar-refractivity contribution in [3.63, 3.8) is 0 Å². The van der Waals surface area contributed by atoms with E-state index in [1.807, 2.05) is 0 Å². The first-order valence-electron chi connectivity index (χ1n) is 5.94. The molecule has 0 N–H and O–H groups in total. The van der Waals surface area contributed by atoms with E-state index in [1.54, 1.807) is 0 Å². The third kappa shape index (κ3) is 3.21. The molecule has 0 aliphatic heterocycles. The van der Waals surface area contributed by atoms with E-state index in [1.165, 1.54) is 0 Å². The number of Topliss-reactive ketones (excluding diaryl/α,β-unsaturated/α-hetero) is 1. The fourth-order valence-electron chi connectivity index (χ4n) is 1.85. The summed E-state index contributed by atoms with van der Waals surface area (Å²) in [7, 11) is 0. The van der Waals surface area contributed by atoms with Gasteiger partial charge in [-0.05, 0) is 12.1 Å². The molecule has 24 heavy (non-hydrogen) atoms. The summed E-state index contributed by atoms with van der Waals surface area (Å²) in [6.45, 7) is 0. The molecule has 0 saturated carbocycles. The van der Waals surface area contributed by atoms with E-state index >= 15 is 0 Å². The van der Waals surface area contributed by atoms with Gasteiger partial charge in [-0.2, -0.15) is 31.4 Å². The Morgan fingerprint density at radius 2 is 1.62 bits per heavy atom. The number of nitro benzene ring substituents is 1. The van der Waals surface area contributed by atoms with E-state index in [-0.39, 0.29) is 10.9 Å². The zero-order valence-electron chi connectivity index (χ0n) is 11.2. The molecule has 0 aliphatic carbocycles. The molecule has 2 rings (SSSR count). The van der Waals surface area contributed by atoms with E-state index < -0.39 is 45.7 Å². The van der Waals surface area contributed by atoms with Crippen molar-refractivity contribution in [1.29, 1.82) is 0 Å². The lowest BCUT2D eigenvalue weighted by atomic mass is 10.1. The molecule has 1 aromatic carbocycles. The third-order valence-corrected chi connectivity index (χ3v) is 2.84. The van der Waals surface area contributed by atoms with Crippen LogP contribution in [0.25, 0.3) is 5.69 Å². The molecular formula is C12H5F6N3O3. The van der Waals surface area contributed by atoms with E-state index in [0.717, 1.165) is 24.3 Å². The van der Waals surface area contributed by atoms with Crippen LogP contribution in [0.15, 0.2) is 30.5 Å². The van der Waals surface area contributed by atoms with Crippen molar-refractivity contribution in [2.45, 2.75) is 12.4 Å². The topological polar surface area (TPSA) is 78.0 Å². The number of non-ortho nitro benzene ring substituents is 1. The average molecular weight is 353 g/mol. The average Bonchev–Trinajstić information content (AvgIpc) is 2.90. The molecule has 0 amide bonds. The Balaban J connectivity index is 2.61. The Hall–Kier alpha value is -2.92. The molecule has 6 nitrogen and oxygen atoms in total. The van der Waals surface area contributed by atoms with Crippen LogP contribution in [-0.4, -0.2) is 26.7 Å². The summed E-state index contributed by atoms with van der Waals surface area (Å²) in [4.78, 5) is 20.9. The first-order chi connectivity index (χ1) is 10.9. The number of hydrogen-bond acceptors (Lipinski definition) is 4. The molecule has 0 atom stereocenters. The van der Waals surface area contributed by atoms with Crippen LogP contribution < -0.4 is 0 Å². The number of rotatable bonds is 3. The Kier molecular flexibility index (Phi) is 4.08. The van der Waals surface area contributed by atoms with Crippen LogP contribution in [-0.2, 0) is 6.18 Å². The number of carbonyl (C=O) groups is 1. The van der Waals surface area contributed by atoms with Gasteiger partial charge in [0.25, 0.3) is 11.5 Å². The van der Waals surface area contributed by atoms with Crippen LogP contribution >= 0.6 is 0 Å². The van der Waals surface area contributed by atoms with Crippen LogP contribution in [0.5, 0.6) is 0 Å². The van der Waals surface area contributed by atoms with Crippen molar-refractivity contribution in [2.24, 2.45) is 0 Å². The van der Waals surface area contributed by atoms with Crippen molar-refractivity contribution < 1.29 is 36.1 Å². The van der Waals surface area contributed by atoms with Gasteiger partial charge in [0.2, 0.25) is 0 Å². The van der Waals surface area contributed by atoms with E-state index in [4.69, 9.17) is 0 Å². The van der Waals surface area contributed by atoms with Crippen LogP contribution in [0, 0.1) is 10.1 Å². The van der Waals surface area contributed by atoms with Crippen molar-refractivity contribution in [2.75, 3.05) is 0 Å². The SMILES string of the molecule is O=C(c1cnn(-c2ccc([N+](=O)[O-])cc2)c1C(F)(F)F)C(F)(F)F. The zero-order valence-corrected chi connectivity index (χ0v) is 11.2. The van der Waals surface area contributed by atoms with Crippen molar-refractivity contribution in [3.8, 4) is 5.69 Å². The molecule has 128 valence electrons. The molecule has 0 radical (unpaired) electrons. The second kappa shape index (κ2) is 5.62. The molecule has 1 heterocycles. The molecule has 0 aliphatic rings. The minimum atomic E-state index is -5.51. The predicted octanol–water partition coefficient (Wildman–Crippen LogP) is 3.54. The zero-order chi connectivity index (χ0) is 18.3. The summed E-state index contributed by atoms with van der Waals surface area (Å²) >= 11 is 0. The van der Waals surface area contributed by atoms with Crippen LogP contribution in [0.1, 0.15) is 16.1 Å². The van der Waals surface area contributed by atoms with Gasteiger partial charge < -0.3 is 0 Å². The molecule has 1 aromatic heterocycles. The largest absolute Gasteiger partial charge is 0.455 e. The van der Waals surface area contributed by atoms with Gasteiger partial charge in [-0.15, -0.1) is 0 Å². The predicted molar refractivity (Wildman–Crippen MR) is 65.6 cm³/mol. The van der Waals surface area contributed by atoms with Crippen LogP contribution in [0.2, 0.25) is 0 Å². The molecule has 0 unspecified atom stereocenters. The minimum absolute atomic E-state index is 0.0721. The summed E-state index contributed by atoms with van der Waals surface area (Å²) in [5.74, 6) is -2.69. The monoisotopic (exact) mass is 353 g/mol. The summed E-state index contributed by atoms with van der Waals surface area (Å²) < 4.78 is 76.6. The summed E-state index contributed by atoms with van der Waals surface area (Å²) in [5.41, 5.74) is -4.41. The second-order valence-electron chi connectivity index (χ2n) is 4.42. The molecule has 0 spiro atoms. The number of ketones is 1. The summed E-state index contributed by atoms with van der Waals surface area (Å²) in [6.07, 6.45) is -10.7. The first kappa shape index (κ1) is 17.4. The Bertz CT molecular complexity index is 792. The molecule has 2 aromatic rings. The number of nitro groups is 1. The van der Waals surface area contributed by atoms with Gasteiger partial charge in [-0.1, -0.05) is 0 Å². The Labute approximate surface area is 128 Å². The van der Waals surface area contributed by atoms with Gasteiger partial charge in [0.15, 0.2) is 5.69 Å². The van der Waals surface area contributed by atoms with E-state index in [9.17, 15) is 41.3 Å². The van der Waals surface area contributed by atoms with Gasteiger partial charge in [0, 0.05) is 12.1 Å². The number of halogens is 6. The van der Waals surface area contributed by atoms with Crippen molar-refractivity contribution in [1.82, 2.24) is 9.78 Å². The van der Waals surface area contributed by atoms with Crippen molar-refractivity contribution in [3.05, 3.63) is 51.8 Å². The van der Waals surface area contributed by atoms with Crippen LogP contribution in [0.3, 0.4) is 0 Å². The standard InChI is InChI=1S/C12H5F6N3O3/c13-11(14,15)9-8(10(22)12(16,17)18)5-19-20(9)6-1-3-7(4-2-6)21(23)24/h1-5H. The molecule has 0 bridgehead atoms. The van der Waals surface area contributed by atoms with Gasteiger partial charge in [0.05, 0.1) is 22.4 Å². The minimum Gasteiger partial charge on any atom is -0.284 e. The Morgan fingerprint density at radius 1 is 1.08 bits per heavy atom. The lowest BCUT2D eigenvalue weighted by molar-refractivity contribution is -0.384. The maximum atomic E-state index is 13.1. The number of alkyl halides is 6. The number of benzene rings is 1. The molecule has 0 fully saturated rings. The summed E-state index contributed by atoms with van der Waals surface area (Å²) in [5, 5.41) is 13.7. The lowest BCUT2D eigenvalue weighted by Gasteiger charge is -2.13. The molecular weight excluding hydrogens is 348 g/mol. The number of hydrogen-bond donors (Lipinski definition) is 0. The number of aromatic nitrogens is 2. The second-order valence-corrected chi connectivity index (χ2v) is 4.42. The van der Waals surface area contributed by atoms with Crippen LogP contribution in [0.4, 0.5) is 32.0 Å². The highest BCUT2D eigenvalue weighted by molar-refractivity contribution is 6.01. The Morgan fingerprint density at radius 3 is 2.04 bits per heavy atom. The summed E-state index contributed by atoms with van der Waals surface area (Å²) in [6, 6.07) is 3.43. The van der Waals surface area contributed by atoms with Gasteiger partial charge >= 0.3 is 12.4 Å². The lowest BCUT2D eigenvalue weighted by Crippen LogP contribution is -2.26. The number of nitrogens with zero attached hydrogens (tertiary/aromatic N) is 3. The first-order valence-corrected chi connectivity index (χ1v) is 5.94. The molecule has 12 heteroatoms. The van der Waals surface area contributed by atoms with Gasteiger partial charge in [-0.3, -0.25) is 14.9 Å². The fraction of sp³-hybridized carbons (Fsp3) is 0.167. The maximum Gasteiger partial charge on any atom is 0.455 e.